The normalized spacial score (nSPS) is 20.8. The molecular weight excluding hydrogens is 278 g/mol. The summed E-state index contributed by atoms with van der Waals surface area (Å²) in [6.07, 6.45) is 13.7. The van der Waals surface area contributed by atoms with Gasteiger partial charge in [0.25, 0.3) is 0 Å². The van der Waals surface area contributed by atoms with Crippen LogP contribution in [0, 0.1) is 5.92 Å². The summed E-state index contributed by atoms with van der Waals surface area (Å²) < 4.78 is 0. The van der Waals surface area contributed by atoms with Crippen molar-refractivity contribution in [2.24, 2.45) is 5.92 Å². The van der Waals surface area contributed by atoms with E-state index in [1.165, 1.54) is 75.1 Å². The third-order valence-corrected chi connectivity index (χ3v) is 5.85. The molecular formula is C22H33N. The number of rotatable bonds is 8. The molecule has 1 heteroatoms. The van der Waals surface area contributed by atoms with Crippen LogP contribution in [0.25, 0.3) is 10.9 Å². The summed E-state index contributed by atoms with van der Waals surface area (Å²) in [5.74, 6) is 1.67. The Kier molecular flexibility index (Phi) is 5.80. The zero-order valence-electron chi connectivity index (χ0n) is 15.0. The lowest BCUT2D eigenvalue weighted by Crippen LogP contribution is -2.21. The van der Waals surface area contributed by atoms with Crippen LogP contribution < -0.4 is 0 Å². The number of para-hydroxylation sites is 1. The number of fused-ring (bicyclic) bond motifs is 3. The van der Waals surface area contributed by atoms with Crippen LogP contribution in [0.4, 0.5) is 0 Å². The Morgan fingerprint density at radius 3 is 2.48 bits per heavy atom. The lowest BCUT2D eigenvalue weighted by Gasteiger charge is -2.32. The molecule has 2 atom stereocenters. The van der Waals surface area contributed by atoms with Crippen molar-refractivity contribution >= 4 is 10.9 Å². The van der Waals surface area contributed by atoms with Gasteiger partial charge in [0.05, 0.1) is 0 Å². The fraction of sp³-hybridized carbons (Fsp3) is 0.636. The highest BCUT2D eigenvalue weighted by molar-refractivity contribution is 5.85. The molecule has 126 valence electrons. The fourth-order valence-electron chi connectivity index (χ4n) is 4.57. The summed E-state index contributed by atoms with van der Waals surface area (Å²) in [4.78, 5) is 3.81. The zero-order valence-corrected chi connectivity index (χ0v) is 15.0. The van der Waals surface area contributed by atoms with Gasteiger partial charge in [0.1, 0.15) is 0 Å². The molecule has 0 spiro atoms. The molecule has 1 aromatic heterocycles. The van der Waals surface area contributed by atoms with Crippen LogP contribution in [0.5, 0.6) is 0 Å². The van der Waals surface area contributed by atoms with Crippen LogP contribution >= 0.6 is 0 Å². The summed E-state index contributed by atoms with van der Waals surface area (Å²) >= 11 is 0. The zero-order chi connectivity index (χ0) is 16.1. The minimum absolute atomic E-state index is 0.773. The number of aryl methyl sites for hydroxylation is 1. The number of nitrogens with one attached hydrogen (secondary N) is 1. The Hall–Kier alpha value is -1.24. The maximum Gasteiger partial charge on any atom is 0.0459 e. The van der Waals surface area contributed by atoms with E-state index >= 15 is 0 Å². The second-order valence-corrected chi connectivity index (χ2v) is 7.46. The van der Waals surface area contributed by atoms with Gasteiger partial charge in [-0.15, -0.1) is 0 Å². The van der Waals surface area contributed by atoms with Gasteiger partial charge < -0.3 is 4.98 Å². The van der Waals surface area contributed by atoms with E-state index in [9.17, 15) is 0 Å². The lowest BCUT2D eigenvalue weighted by atomic mass is 9.73. The first-order valence-electron chi connectivity index (χ1n) is 9.94. The van der Waals surface area contributed by atoms with Gasteiger partial charge in [-0.1, -0.05) is 70.6 Å². The molecule has 1 aliphatic carbocycles. The molecule has 2 aromatic rings. The Bertz CT molecular complexity index is 609. The van der Waals surface area contributed by atoms with Crippen LogP contribution in [0.15, 0.2) is 24.3 Å². The van der Waals surface area contributed by atoms with Gasteiger partial charge in [0.2, 0.25) is 0 Å². The van der Waals surface area contributed by atoms with Crippen LogP contribution in [-0.2, 0) is 6.42 Å². The van der Waals surface area contributed by atoms with E-state index in [-0.39, 0.29) is 0 Å². The van der Waals surface area contributed by atoms with Crippen LogP contribution in [-0.4, -0.2) is 4.98 Å². The van der Waals surface area contributed by atoms with Crippen molar-refractivity contribution in [3.8, 4) is 0 Å². The number of hydrogen-bond donors (Lipinski definition) is 1. The molecule has 0 bridgehead atoms. The summed E-state index contributed by atoms with van der Waals surface area (Å²) in [6, 6.07) is 8.92. The van der Waals surface area contributed by atoms with E-state index < -0.39 is 0 Å². The third-order valence-electron chi connectivity index (χ3n) is 5.85. The minimum atomic E-state index is 0.773. The van der Waals surface area contributed by atoms with Gasteiger partial charge in [0.15, 0.2) is 0 Å². The highest BCUT2D eigenvalue weighted by Gasteiger charge is 2.31. The van der Waals surface area contributed by atoms with E-state index in [1.807, 2.05) is 0 Å². The number of hydrogen-bond acceptors (Lipinski definition) is 0. The van der Waals surface area contributed by atoms with Crippen molar-refractivity contribution in [2.45, 2.75) is 84.0 Å². The molecule has 2 unspecified atom stereocenters. The number of unbranched alkanes of at least 4 members (excludes halogenated alkanes) is 4. The molecule has 0 saturated carbocycles. The maximum atomic E-state index is 3.81. The SMILES string of the molecule is CCCCCC1CCc2c([nH]c3ccccc23)C1CCCCC. The first kappa shape index (κ1) is 16.6. The smallest absolute Gasteiger partial charge is 0.0459 e. The quantitative estimate of drug-likeness (QED) is 0.506. The highest BCUT2D eigenvalue weighted by Crippen LogP contribution is 2.44. The molecule has 1 nitrogen and oxygen atoms in total. The van der Waals surface area contributed by atoms with E-state index in [4.69, 9.17) is 0 Å². The fourth-order valence-corrected chi connectivity index (χ4v) is 4.57. The monoisotopic (exact) mass is 311 g/mol. The molecule has 1 heterocycles. The largest absolute Gasteiger partial charge is 0.358 e. The number of benzene rings is 1. The summed E-state index contributed by atoms with van der Waals surface area (Å²) in [7, 11) is 0. The molecule has 23 heavy (non-hydrogen) atoms. The average molecular weight is 312 g/mol. The van der Waals surface area contributed by atoms with E-state index in [0.29, 0.717) is 0 Å². The molecule has 1 aliphatic rings. The van der Waals surface area contributed by atoms with Gasteiger partial charge in [-0.05, 0) is 43.2 Å². The average Bonchev–Trinajstić information content (AvgIpc) is 2.95. The molecule has 1 aromatic carbocycles. The Morgan fingerprint density at radius 1 is 0.957 bits per heavy atom. The lowest BCUT2D eigenvalue weighted by molar-refractivity contribution is 0.314. The second-order valence-electron chi connectivity index (χ2n) is 7.46. The van der Waals surface area contributed by atoms with Gasteiger partial charge in [0, 0.05) is 22.5 Å². The van der Waals surface area contributed by atoms with Crippen LogP contribution in [0.3, 0.4) is 0 Å². The number of aromatic amines is 1. The summed E-state index contributed by atoms with van der Waals surface area (Å²) in [5.41, 5.74) is 4.58. The van der Waals surface area contributed by atoms with Gasteiger partial charge in [-0.2, -0.15) is 0 Å². The van der Waals surface area contributed by atoms with E-state index in [2.05, 4.69) is 43.1 Å². The maximum absolute atomic E-state index is 3.81. The number of H-pyrrole nitrogens is 1. The third kappa shape index (κ3) is 3.65. The summed E-state index contributed by atoms with van der Waals surface area (Å²) in [5, 5.41) is 1.48. The standard InChI is InChI=1S/C22H33N/c1-3-5-7-11-17-15-16-20-19-13-9-10-14-21(19)23-22(20)18(17)12-8-6-4-2/h9-10,13-14,17-18,23H,3-8,11-12,15-16H2,1-2H3. The minimum Gasteiger partial charge on any atom is -0.358 e. The molecule has 3 rings (SSSR count). The van der Waals surface area contributed by atoms with E-state index in [0.717, 1.165) is 11.8 Å². The van der Waals surface area contributed by atoms with Crippen LogP contribution in [0.2, 0.25) is 0 Å². The first-order valence-corrected chi connectivity index (χ1v) is 9.94. The molecule has 1 N–H and O–H groups in total. The van der Waals surface area contributed by atoms with Crippen molar-refractivity contribution in [1.29, 1.82) is 0 Å². The van der Waals surface area contributed by atoms with E-state index in [1.54, 1.807) is 11.3 Å². The van der Waals surface area contributed by atoms with Gasteiger partial charge in [-0.25, -0.2) is 0 Å². The predicted octanol–water partition coefficient (Wildman–Crippen LogP) is 6.97. The Morgan fingerprint density at radius 2 is 1.70 bits per heavy atom. The van der Waals surface area contributed by atoms with Gasteiger partial charge >= 0.3 is 0 Å². The molecule has 0 amide bonds. The van der Waals surface area contributed by atoms with Crippen molar-refractivity contribution in [3.63, 3.8) is 0 Å². The molecule has 0 fully saturated rings. The predicted molar refractivity (Wildman–Crippen MR) is 101 cm³/mol. The van der Waals surface area contributed by atoms with Gasteiger partial charge in [-0.3, -0.25) is 0 Å². The topological polar surface area (TPSA) is 15.8 Å². The van der Waals surface area contributed by atoms with Crippen molar-refractivity contribution in [2.75, 3.05) is 0 Å². The van der Waals surface area contributed by atoms with Crippen LogP contribution in [0.1, 0.15) is 88.8 Å². The van der Waals surface area contributed by atoms with Crippen molar-refractivity contribution in [3.05, 3.63) is 35.5 Å². The molecule has 0 radical (unpaired) electrons. The van der Waals surface area contributed by atoms with Crippen molar-refractivity contribution in [1.82, 2.24) is 4.98 Å². The molecule has 0 saturated heterocycles. The molecule has 0 aliphatic heterocycles. The second kappa shape index (κ2) is 8.04. The Labute approximate surface area is 141 Å². The Balaban J connectivity index is 1.84. The summed E-state index contributed by atoms with van der Waals surface area (Å²) in [6.45, 7) is 4.63. The van der Waals surface area contributed by atoms with Crippen molar-refractivity contribution < 1.29 is 0 Å². The highest BCUT2D eigenvalue weighted by atomic mass is 14.7. The first-order chi connectivity index (χ1) is 11.3. The number of aromatic nitrogens is 1.